The van der Waals surface area contributed by atoms with Crippen molar-refractivity contribution in [2.24, 2.45) is 0 Å². The predicted octanol–water partition coefficient (Wildman–Crippen LogP) is 3.44. The zero-order chi connectivity index (χ0) is 12.5. The van der Waals surface area contributed by atoms with Crippen LogP contribution in [0.15, 0.2) is 34.9 Å². The molecule has 1 aromatic carbocycles. The van der Waals surface area contributed by atoms with Crippen LogP contribution < -0.4 is 10.1 Å². The fourth-order valence-corrected chi connectivity index (χ4v) is 2.33. The van der Waals surface area contributed by atoms with Crippen molar-refractivity contribution in [3.63, 3.8) is 0 Å². The summed E-state index contributed by atoms with van der Waals surface area (Å²) in [4.78, 5) is 8.04. The minimum absolute atomic E-state index is 0.0727. The summed E-state index contributed by atoms with van der Waals surface area (Å²) in [6.07, 6.45) is 1.62. The molecule has 1 aliphatic heterocycles. The normalized spacial score (nSPS) is 17.1. The van der Waals surface area contributed by atoms with Crippen LogP contribution in [0.1, 0.15) is 11.6 Å². The number of nitrogens with zero attached hydrogens (tertiary/aromatic N) is 2. The van der Waals surface area contributed by atoms with E-state index in [2.05, 4.69) is 31.2 Å². The molecule has 3 rings (SSSR count). The van der Waals surface area contributed by atoms with Gasteiger partial charge >= 0.3 is 0 Å². The standard InChI is InChI=1S/C12H9BrClN3O/c13-8-5-15-12(14)17-11(8)16-9-6-18-10-4-2-1-3-7(9)10/h1-5,9H,6H2,(H,15,16,17). The molecule has 0 fully saturated rings. The molecule has 1 N–H and O–H groups in total. The van der Waals surface area contributed by atoms with Gasteiger partial charge in [-0.2, -0.15) is 4.98 Å². The first-order valence-electron chi connectivity index (χ1n) is 5.40. The zero-order valence-corrected chi connectivity index (χ0v) is 11.6. The number of rotatable bonds is 2. The smallest absolute Gasteiger partial charge is 0.224 e. The minimum atomic E-state index is 0.0727. The maximum absolute atomic E-state index is 5.79. The Morgan fingerprint density at radius 2 is 2.22 bits per heavy atom. The van der Waals surface area contributed by atoms with E-state index in [1.807, 2.05) is 24.3 Å². The molecule has 18 heavy (non-hydrogen) atoms. The number of benzene rings is 1. The third-order valence-corrected chi connectivity index (χ3v) is 3.49. The fraction of sp³-hybridized carbons (Fsp3) is 0.167. The summed E-state index contributed by atoms with van der Waals surface area (Å²) in [6.45, 7) is 0.577. The molecule has 6 heteroatoms. The first-order chi connectivity index (χ1) is 8.74. The Kier molecular flexibility index (Phi) is 3.09. The predicted molar refractivity (Wildman–Crippen MR) is 73.0 cm³/mol. The molecule has 0 saturated carbocycles. The van der Waals surface area contributed by atoms with Crippen LogP contribution in [-0.4, -0.2) is 16.6 Å². The van der Waals surface area contributed by atoms with Gasteiger partial charge in [0, 0.05) is 11.8 Å². The van der Waals surface area contributed by atoms with Crippen molar-refractivity contribution in [3.05, 3.63) is 45.8 Å². The van der Waals surface area contributed by atoms with Crippen LogP contribution in [0.25, 0.3) is 0 Å². The minimum Gasteiger partial charge on any atom is -0.491 e. The topological polar surface area (TPSA) is 47.0 Å². The van der Waals surface area contributed by atoms with Crippen LogP contribution >= 0.6 is 27.5 Å². The summed E-state index contributed by atoms with van der Waals surface area (Å²) in [5.41, 5.74) is 1.12. The summed E-state index contributed by atoms with van der Waals surface area (Å²) in [7, 11) is 0. The molecule has 0 radical (unpaired) electrons. The highest BCUT2D eigenvalue weighted by Gasteiger charge is 2.24. The highest BCUT2D eigenvalue weighted by molar-refractivity contribution is 9.10. The third-order valence-electron chi connectivity index (χ3n) is 2.73. The summed E-state index contributed by atoms with van der Waals surface area (Å²) >= 11 is 9.18. The molecule has 1 atom stereocenters. The number of aromatic nitrogens is 2. The number of hydrogen-bond acceptors (Lipinski definition) is 4. The van der Waals surface area contributed by atoms with Crippen LogP contribution in [0.2, 0.25) is 5.28 Å². The van der Waals surface area contributed by atoms with Crippen LogP contribution in [0.5, 0.6) is 5.75 Å². The van der Waals surface area contributed by atoms with Gasteiger partial charge in [-0.3, -0.25) is 0 Å². The lowest BCUT2D eigenvalue weighted by Crippen LogP contribution is -2.13. The molecule has 2 heterocycles. The van der Waals surface area contributed by atoms with Gasteiger partial charge in [0.2, 0.25) is 5.28 Å². The van der Waals surface area contributed by atoms with Gasteiger partial charge in [-0.15, -0.1) is 0 Å². The summed E-state index contributed by atoms with van der Waals surface area (Å²) in [6, 6.07) is 8.02. The van der Waals surface area contributed by atoms with Crippen molar-refractivity contribution in [2.45, 2.75) is 6.04 Å². The molecule has 1 aliphatic rings. The lowest BCUT2D eigenvalue weighted by molar-refractivity contribution is 0.339. The Morgan fingerprint density at radius 1 is 1.39 bits per heavy atom. The molecule has 1 unspecified atom stereocenters. The molecule has 4 nitrogen and oxygen atoms in total. The van der Waals surface area contributed by atoms with Crippen LogP contribution in [0, 0.1) is 0 Å². The van der Waals surface area contributed by atoms with Crippen LogP contribution in [0.3, 0.4) is 0 Å². The Balaban J connectivity index is 1.88. The SMILES string of the molecule is Clc1ncc(Br)c(NC2COc3ccccc32)n1. The Hall–Kier alpha value is -1.33. The monoisotopic (exact) mass is 325 g/mol. The van der Waals surface area contributed by atoms with E-state index < -0.39 is 0 Å². The van der Waals surface area contributed by atoms with Gasteiger partial charge in [-0.05, 0) is 33.6 Å². The average Bonchev–Trinajstić information content (AvgIpc) is 2.78. The van der Waals surface area contributed by atoms with Gasteiger partial charge in [0.25, 0.3) is 0 Å². The molecule has 92 valence electrons. The van der Waals surface area contributed by atoms with Crippen molar-refractivity contribution >= 4 is 33.3 Å². The molecule has 2 aromatic rings. The Labute approximate surface area is 117 Å². The lowest BCUT2D eigenvalue weighted by atomic mass is 10.1. The molecule has 0 amide bonds. The van der Waals surface area contributed by atoms with Gasteiger partial charge in [-0.1, -0.05) is 18.2 Å². The molecular formula is C12H9BrClN3O. The van der Waals surface area contributed by atoms with Crippen molar-refractivity contribution in [2.75, 3.05) is 11.9 Å². The third kappa shape index (κ3) is 2.15. The van der Waals surface area contributed by atoms with E-state index >= 15 is 0 Å². The second kappa shape index (κ2) is 4.74. The largest absolute Gasteiger partial charge is 0.491 e. The summed E-state index contributed by atoms with van der Waals surface area (Å²) in [5, 5.41) is 3.51. The maximum atomic E-state index is 5.79. The van der Waals surface area contributed by atoms with E-state index in [9.17, 15) is 0 Å². The van der Waals surface area contributed by atoms with Crippen molar-refractivity contribution in [1.29, 1.82) is 0 Å². The van der Waals surface area contributed by atoms with Gasteiger partial charge in [0.1, 0.15) is 18.2 Å². The summed E-state index contributed by atoms with van der Waals surface area (Å²) in [5.74, 6) is 1.58. The number of fused-ring (bicyclic) bond motifs is 1. The Bertz CT molecular complexity index is 593. The van der Waals surface area contributed by atoms with E-state index in [1.54, 1.807) is 6.20 Å². The average molecular weight is 327 g/mol. The van der Waals surface area contributed by atoms with E-state index in [1.165, 1.54) is 0 Å². The maximum Gasteiger partial charge on any atom is 0.224 e. The van der Waals surface area contributed by atoms with Crippen molar-refractivity contribution in [1.82, 2.24) is 9.97 Å². The van der Waals surface area contributed by atoms with E-state index in [4.69, 9.17) is 16.3 Å². The van der Waals surface area contributed by atoms with Crippen LogP contribution in [0.4, 0.5) is 5.82 Å². The molecule has 0 saturated heterocycles. The number of nitrogens with one attached hydrogen (secondary N) is 1. The van der Waals surface area contributed by atoms with Crippen molar-refractivity contribution < 1.29 is 4.74 Å². The second-order valence-corrected chi connectivity index (χ2v) is 5.07. The molecule has 0 aliphatic carbocycles. The van der Waals surface area contributed by atoms with E-state index in [0.29, 0.717) is 12.4 Å². The van der Waals surface area contributed by atoms with Crippen LogP contribution in [-0.2, 0) is 0 Å². The molecular weight excluding hydrogens is 318 g/mol. The molecule has 0 spiro atoms. The van der Waals surface area contributed by atoms with E-state index in [-0.39, 0.29) is 11.3 Å². The number of ether oxygens (including phenoxy) is 1. The fourth-order valence-electron chi connectivity index (χ4n) is 1.89. The summed E-state index contributed by atoms with van der Waals surface area (Å²) < 4.78 is 6.37. The lowest BCUT2D eigenvalue weighted by Gasteiger charge is -2.13. The van der Waals surface area contributed by atoms with Gasteiger partial charge in [-0.25, -0.2) is 4.98 Å². The number of para-hydroxylation sites is 1. The molecule has 0 bridgehead atoms. The van der Waals surface area contributed by atoms with Crippen molar-refractivity contribution in [3.8, 4) is 5.75 Å². The quantitative estimate of drug-likeness (QED) is 0.859. The van der Waals surface area contributed by atoms with Gasteiger partial charge < -0.3 is 10.1 Å². The second-order valence-electron chi connectivity index (χ2n) is 3.88. The number of halogens is 2. The first kappa shape index (κ1) is 11.7. The highest BCUT2D eigenvalue weighted by atomic mass is 79.9. The number of hydrogen-bond donors (Lipinski definition) is 1. The zero-order valence-electron chi connectivity index (χ0n) is 9.23. The molecule has 1 aromatic heterocycles. The van der Waals surface area contributed by atoms with Gasteiger partial charge in [0.05, 0.1) is 10.5 Å². The number of anilines is 1. The first-order valence-corrected chi connectivity index (χ1v) is 6.57. The highest BCUT2D eigenvalue weighted by Crippen LogP contribution is 2.35. The Morgan fingerprint density at radius 3 is 3.11 bits per heavy atom. The van der Waals surface area contributed by atoms with Gasteiger partial charge in [0.15, 0.2) is 0 Å². The van der Waals surface area contributed by atoms with E-state index in [0.717, 1.165) is 15.8 Å².